The van der Waals surface area contributed by atoms with Crippen molar-refractivity contribution in [3.05, 3.63) is 192 Å². The van der Waals surface area contributed by atoms with Crippen molar-refractivity contribution in [2.24, 2.45) is 0 Å². The van der Waals surface area contributed by atoms with Gasteiger partial charge < -0.3 is 9.80 Å². The van der Waals surface area contributed by atoms with Crippen molar-refractivity contribution in [2.45, 2.75) is 38.5 Å². The monoisotopic (exact) mass is 732 g/mol. The zero-order chi connectivity index (χ0) is 36.6. The van der Waals surface area contributed by atoms with E-state index >= 15 is 0 Å². The number of rotatable bonds is 7. The molecule has 0 spiro atoms. The number of hydrogen-bond donors (Lipinski definition) is 0. The molecule has 10 rings (SSSR count). The summed E-state index contributed by atoms with van der Waals surface area (Å²) in [6, 6.07) is 62.5. The second-order valence-corrected chi connectivity index (χ2v) is 17.5. The summed E-state index contributed by atoms with van der Waals surface area (Å²) in [5.41, 5.74) is 15.5. The normalized spacial score (nSPS) is 14.2. The van der Waals surface area contributed by atoms with Gasteiger partial charge in [-0.15, -0.1) is 22.7 Å². The zero-order valence-corrected chi connectivity index (χ0v) is 32.5. The van der Waals surface area contributed by atoms with Crippen LogP contribution in [-0.2, 0) is 10.8 Å². The molecule has 0 saturated carbocycles. The Kier molecular flexibility index (Phi) is 7.59. The van der Waals surface area contributed by atoms with Gasteiger partial charge in [-0.1, -0.05) is 125 Å². The summed E-state index contributed by atoms with van der Waals surface area (Å²) >= 11 is 3.70. The van der Waals surface area contributed by atoms with Crippen molar-refractivity contribution in [1.29, 1.82) is 0 Å². The van der Waals surface area contributed by atoms with Crippen LogP contribution in [0.5, 0.6) is 0 Å². The molecule has 54 heavy (non-hydrogen) atoms. The molecule has 0 amide bonds. The Bertz CT molecular complexity index is 2490. The lowest BCUT2D eigenvalue weighted by atomic mass is 9.82. The largest absolute Gasteiger partial charge is 0.302 e. The molecule has 0 unspecified atom stereocenters. The number of thiophene rings is 2. The second-order valence-electron chi connectivity index (χ2n) is 15.4. The van der Waals surface area contributed by atoms with Crippen LogP contribution in [0.3, 0.4) is 0 Å². The second kappa shape index (κ2) is 12.4. The van der Waals surface area contributed by atoms with Crippen LogP contribution in [0, 0.1) is 0 Å². The van der Waals surface area contributed by atoms with Gasteiger partial charge in [-0.2, -0.15) is 0 Å². The minimum Gasteiger partial charge on any atom is -0.302 e. The minimum absolute atomic E-state index is 0.0680. The lowest BCUT2D eigenvalue weighted by Crippen LogP contribution is -2.16. The fraction of sp³-hybridized carbons (Fsp3) is 0.120. The maximum absolute atomic E-state index is 2.42. The predicted octanol–water partition coefficient (Wildman–Crippen LogP) is 15.0. The van der Waals surface area contributed by atoms with Crippen molar-refractivity contribution in [3.8, 4) is 32.0 Å². The van der Waals surface area contributed by atoms with Gasteiger partial charge in [0, 0.05) is 43.3 Å². The summed E-state index contributed by atoms with van der Waals surface area (Å²) in [6.07, 6.45) is 0. The summed E-state index contributed by atoms with van der Waals surface area (Å²) in [6.45, 7) is 9.42. The Hall–Kier alpha value is -5.68. The highest BCUT2D eigenvalue weighted by Crippen LogP contribution is 2.53. The number of para-hydroxylation sites is 2. The average Bonchev–Trinajstić information content (AvgIpc) is 3.98. The smallest absolute Gasteiger partial charge is 0.101 e. The van der Waals surface area contributed by atoms with Crippen LogP contribution in [0.1, 0.15) is 49.9 Å². The van der Waals surface area contributed by atoms with Crippen LogP contribution in [0.4, 0.5) is 32.8 Å². The van der Waals surface area contributed by atoms with Gasteiger partial charge >= 0.3 is 0 Å². The molecule has 2 aliphatic carbocycles. The van der Waals surface area contributed by atoms with Gasteiger partial charge in [0.05, 0.1) is 0 Å². The summed E-state index contributed by atoms with van der Waals surface area (Å²) in [4.78, 5) is 7.36. The first kappa shape index (κ1) is 32.9. The highest BCUT2D eigenvalue weighted by Gasteiger charge is 2.37. The SMILES string of the molecule is CC1(C)c2ccccc2-c2ccc(N(c3ccccc3)c3ccc(-c4ccc(N(c5ccccc5)c5ccc6c(c5)C(C)(C)c5ccccc5-6)s4)s3)cc21. The van der Waals surface area contributed by atoms with Crippen molar-refractivity contribution < 1.29 is 0 Å². The molecule has 4 heteroatoms. The summed E-state index contributed by atoms with van der Waals surface area (Å²) in [7, 11) is 0. The molecule has 0 bridgehead atoms. The van der Waals surface area contributed by atoms with E-state index in [1.807, 2.05) is 22.7 Å². The highest BCUT2D eigenvalue weighted by atomic mass is 32.1. The van der Waals surface area contributed by atoms with E-state index in [-0.39, 0.29) is 10.8 Å². The van der Waals surface area contributed by atoms with Gasteiger partial charge in [0.2, 0.25) is 0 Å². The molecule has 0 fully saturated rings. The van der Waals surface area contributed by atoms with Gasteiger partial charge in [0.25, 0.3) is 0 Å². The van der Waals surface area contributed by atoms with Gasteiger partial charge in [0.1, 0.15) is 10.0 Å². The van der Waals surface area contributed by atoms with Crippen LogP contribution in [-0.4, -0.2) is 0 Å². The molecular weight excluding hydrogens is 693 g/mol. The van der Waals surface area contributed by atoms with Crippen LogP contribution in [0.25, 0.3) is 32.0 Å². The number of hydrogen-bond acceptors (Lipinski definition) is 4. The number of anilines is 6. The molecule has 0 saturated heterocycles. The van der Waals surface area contributed by atoms with Gasteiger partial charge in [-0.3, -0.25) is 0 Å². The number of fused-ring (bicyclic) bond motifs is 6. The van der Waals surface area contributed by atoms with Crippen molar-refractivity contribution in [2.75, 3.05) is 9.80 Å². The average molecular weight is 733 g/mol. The van der Waals surface area contributed by atoms with Gasteiger partial charge in [0.15, 0.2) is 0 Å². The molecular formula is C50H40N2S2. The van der Waals surface area contributed by atoms with E-state index in [0.29, 0.717) is 0 Å². The van der Waals surface area contributed by atoms with Crippen molar-refractivity contribution in [3.63, 3.8) is 0 Å². The van der Waals surface area contributed by atoms with Crippen LogP contribution >= 0.6 is 22.7 Å². The predicted molar refractivity (Wildman–Crippen MR) is 232 cm³/mol. The molecule has 0 atom stereocenters. The van der Waals surface area contributed by atoms with E-state index < -0.39 is 0 Å². The molecule has 2 aromatic heterocycles. The molecule has 0 N–H and O–H groups in total. The van der Waals surface area contributed by atoms with Crippen LogP contribution in [0.15, 0.2) is 170 Å². The first-order valence-electron chi connectivity index (χ1n) is 18.7. The lowest BCUT2D eigenvalue weighted by molar-refractivity contribution is 0.660. The fourth-order valence-corrected chi connectivity index (χ4v) is 11.0. The Balaban J connectivity index is 1.03. The van der Waals surface area contributed by atoms with Crippen molar-refractivity contribution >= 4 is 55.4 Å². The molecule has 2 nitrogen and oxygen atoms in total. The van der Waals surface area contributed by atoms with E-state index in [1.165, 1.54) is 75.6 Å². The lowest BCUT2D eigenvalue weighted by Gasteiger charge is -2.27. The summed E-state index contributed by atoms with van der Waals surface area (Å²) in [5, 5.41) is 2.39. The van der Waals surface area contributed by atoms with E-state index in [0.717, 1.165) is 11.4 Å². The first-order valence-corrected chi connectivity index (χ1v) is 20.3. The molecule has 2 aliphatic rings. The third kappa shape index (κ3) is 5.12. The third-order valence-electron chi connectivity index (χ3n) is 11.5. The summed E-state index contributed by atoms with van der Waals surface area (Å²) in [5.74, 6) is 0. The first-order chi connectivity index (χ1) is 26.3. The Morgan fingerprint density at radius 1 is 0.333 bits per heavy atom. The molecule has 8 aromatic rings. The standard InChI is InChI=1S/C50H40N2S2/c1-49(2)41-21-13-11-19-37(41)39-25-23-35(31-43(39)49)51(33-15-7-5-8-16-33)47-29-27-45(53-47)46-28-30-48(54-46)52(34-17-9-6-10-18-34)36-24-26-40-38-20-12-14-22-42(38)50(3,4)44(40)32-36/h5-32H,1-4H3. The van der Waals surface area contributed by atoms with Crippen molar-refractivity contribution in [1.82, 2.24) is 0 Å². The topological polar surface area (TPSA) is 6.48 Å². The molecule has 0 radical (unpaired) electrons. The van der Waals surface area contributed by atoms with Crippen LogP contribution < -0.4 is 9.80 Å². The number of benzene rings is 6. The number of nitrogens with zero attached hydrogens (tertiary/aromatic N) is 2. The van der Waals surface area contributed by atoms with Crippen LogP contribution in [0.2, 0.25) is 0 Å². The molecule has 0 aliphatic heterocycles. The minimum atomic E-state index is -0.0680. The van der Waals surface area contributed by atoms with Gasteiger partial charge in [-0.05, 0) is 117 Å². The van der Waals surface area contributed by atoms with E-state index in [9.17, 15) is 0 Å². The maximum Gasteiger partial charge on any atom is 0.101 e. The summed E-state index contributed by atoms with van der Waals surface area (Å²) < 4.78 is 0. The van der Waals surface area contributed by atoms with E-state index in [4.69, 9.17) is 0 Å². The van der Waals surface area contributed by atoms with Gasteiger partial charge in [-0.25, -0.2) is 0 Å². The van der Waals surface area contributed by atoms with E-state index in [1.54, 1.807) is 0 Å². The Labute approximate surface area is 326 Å². The zero-order valence-electron chi connectivity index (χ0n) is 30.9. The highest BCUT2D eigenvalue weighted by molar-refractivity contribution is 7.26. The molecule has 262 valence electrons. The maximum atomic E-state index is 2.42. The molecule has 6 aromatic carbocycles. The quantitative estimate of drug-likeness (QED) is 0.161. The molecule has 2 heterocycles. The third-order valence-corrected chi connectivity index (χ3v) is 13.9. The Morgan fingerprint density at radius 3 is 1.13 bits per heavy atom. The van der Waals surface area contributed by atoms with E-state index in [2.05, 4.69) is 207 Å². The Morgan fingerprint density at radius 2 is 0.704 bits per heavy atom. The fourth-order valence-electron chi connectivity index (χ4n) is 8.78.